The molecule has 0 spiro atoms. The first-order valence-corrected chi connectivity index (χ1v) is 0. The van der Waals surface area contributed by atoms with Gasteiger partial charge in [-0.1, -0.05) is 7.43 Å². The van der Waals surface area contributed by atoms with Crippen molar-refractivity contribution in [2.45, 2.75) is 7.43 Å². The fourth-order valence-electron chi connectivity index (χ4n) is 0. The van der Waals surface area contributed by atoms with Crippen molar-refractivity contribution in [3.8, 4) is 0 Å². The van der Waals surface area contributed by atoms with Gasteiger partial charge in [-0.25, -0.2) is 0 Å². The Labute approximate surface area is 58.5 Å². The van der Waals surface area contributed by atoms with Crippen molar-refractivity contribution >= 4 is 0 Å². The van der Waals surface area contributed by atoms with Crippen molar-refractivity contribution < 1.29 is 51.2 Å². The summed E-state index contributed by atoms with van der Waals surface area (Å²) in [6.45, 7) is 0. The third-order valence-electron chi connectivity index (χ3n) is 0. The van der Waals surface area contributed by atoms with Gasteiger partial charge in [-0.3, -0.25) is 0 Å². The van der Waals surface area contributed by atoms with Crippen LogP contribution in [0.2, 0.25) is 0 Å². The first-order chi connectivity index (χ1) is 0. The molecule has 0 atom stereocenters. The standard InChI is InChI=1S/CH4.Cu.Fe.Mn/h1H4;;;. The van der Waals surface area contributed by atoms with E-state index in [2.05, 4.69) is 0 Å². The molecule has 3 heteroatoms. The molecule has 0 saturated carbocycles. The molecule has 0 fully saturated rings. The normalized spacial score (nSPS) is 0. The van der Waals surface area contributed by atoms with Gasteiger partial charge >= 0.3 is 0 Å². The average molecular weight is 190 g/mol. The van der Waals surface area contributed by atoms with Crippen molar-refractivity contribution in [3.05, 3.63) is 0 Å². The smallest absolute Gasteiger partial charge is 0 e. The number of hydrogen-bond donors (Lipinski definition) is 0. The van der Waals surface area contributed by atoms with Gasteiger partial charge in [0.05, 0.1) is 0 Å². The predicted molar refractivity (Wildman–Crippen MR) is 6.73 cm³/mol. The third kappa shape index (κ3) is 9.59. The Balaban J connectivity index is 0. The van der Waals surface area contributed by atoms with E-state index in [1.54, 1.807) is 0 Å². The van der Waals surface area contributed by atoms with Crippen LogP contribution >= 0.6 is 0 Å². The van der Waals surface area contributed by atoms with Crippen LogP contribution < -0.4 is 0 Å². The van der Waals surface area contributed by atoms with Crippen molar-refractivity contribution in [3.63, 3.8) is 0 Å². The van der Waals surface area contributed by atoms with E-state index < -0.39 is 0 Å². The molecular weight excluding hydrogens is 186 g/mol. The van der Waals surface area contributed by atoms with Crippen molar-refractivity contribution in [2.75, 3.05) is 0 Å². The summed E-state index contributed by atoms with van der Waals surface area (Å²) in [5.74, 6) is 0. The monoisotopic (exact) mass is 190 g/mol. The minimum atomic E-state index is 0. The van der Waals surface area contributed by atoms with Crippen LogP contribution in [0.25, 0.3) is 0 Å². The summed E-state index contributed by atoms with van der Waals surface area (Å²) in [6, 6.07) is 0. The topological polar surface area (TPSA) is 0 Å². The Hall–Kier alpha value is 1.56. The molecule has 4 heavy (non-hydrogen) atoms. The minimum Gasteiger partial charge on any atom is -0.0776 e. The maximum absolute atomic E-state index is 0. The zero-order valence-electron chi connectivity index (χ0n) is 1.03. The van der Waals surface area contributed by atoms with E-state index in [4.69, 9.17) is 0 Å². The Morgan fingerprint density at radius 2 is 1.00 bits per heavy atom. The molecule has 0 heterocycles. The van der Waals surface area contributed by atoms with Crippen molar-refractivity contribution in [2.24, 2.45) is 0 Å². The SMILES string of the molecule is C.[Cu].[Fe].[Mn]. The Bertz CT molecular complexity index is 8.00. The molecular formula is CH4CuFeMn. The molecule has 34 valence electrons. The molecule has 0 saturated heterocycles. The van der Waals surface area contributed by atoms with Gasteiger partial charge < -0.3 is 0 Å². The van der Waals surface area contributed by atoms with Crippen LogP contribution in [0.5, 0.6) is 0 Å². The zero-order valence-corrected chi connectivity index (χ0v) is 4.26. The molecule has 0 aliphatic rings. The summed E-state index contributed by atoms with van der Waals surface area (Å²) >= 11 is 0. The zero-order chi connectivity index (χ0) is 0. The van der Waals surface area contributed by atoms with Crippen LogP contribution in [0.3, 0.4) is 0 Å². The summed E-state index contributed by atoms with van der Waals surface area (Å²) in [5.41, 5.74) is 0. The first-order valence-electron chi connectivity index (χ1n) is 0. The van der Waals surface area contributed by atoms with E-state index in [-0.39, 0.29) is 58.6 Å². The molecule has 0 nitrogen and oxygen atoms in total. The number of rotatable bonds is 0. The fourth-order valence-corrected chi connectivity index (χ4v) is 0. The Morgan fingerprint density at radius 3 is 1.00 bits per heavy atom. The van der Waals surface area contributed by atoms with Gasteiger partial charge in [-0.2, -0.15) is 0 Å². The van der Waals surface area contributed by atoms with E-state index >= 15 is 0 Å². The van der Waals surface area contributed by atoms with Crippen LogP contribution in [-0.4, -0.2) is 0 Å². The second-order valence-electron chi connectivity index (χ2n) is 0. The molecule has 0 aromatic rings. The largest absolute Gasteiger partial charge is 0.0776 e. The van der Waals surface area contributed by atoms with Crippen molar-refractivity contribution in [1.82, 2.24) is 0 Å². The average Bonchev–Trinajstić information content (AvgIpc) is 0. The maximum atomic E-state index is 0. The van der Waals surface area contributed by atoms with Gasteiger partial charge in [0.15, 0.2) is 0 Å². The molecule has 0 unspecified atom stereocenters. The van der Waals surface area contributed by atoms with E-state index in [1.165, 1.54) is 0 Å². The quantitative estimate of drug-likeness (QED) is 0.492. The summed E-state index contributed by atoms with van der Waals surface area (Å²) in [7, 11) is 0. The molecule has 2 radical (unpaired) electrons. The molecule has 0 N–H and O–H groups in total. The second kappa shape index (κ2) is 23.8. The number of hydrogen-bond acceptors (Lipinski definition) is 0. The van der Waals surface area contributed by atoms with Crippen LogP contribution in [0.1, 0.15) is 7.43 Å². The van der Waals surface area contributed by atoms with Crippen LogP contribution in [0, 0.1) is 0 Å². The Kier molecular flexibility index (Phi) is 283. The summed E-state index contributed by atoms with van der Waals surface area (Å²) in [5, 5.41) is 0. The van der Waals surface area contributed by atoms with E-state index in [0.717, 1.165) is 0 Å². The maximum Gasteiger partial charge on any atom is 0 e. The summed E-state index contributed by atoms with van der Waals surface area (Å²) in [6.07, 6.45) is 0. The molecule has 0 aromatic carbocycles. The minimum absolute atomic E-state index is 0. The van der Waals surface area contributed by atoms with Gasteiger partial charge in [0, 0.05) is 51.2 Å². The van der Waals surface area contributed by atoms with Crippen molar-refractivity contribution in [1.29, 1.82) is 0 Å². The molecule has 0 aromatic heterocycles. The van der Waals surface area contributed by atoms with E-state index in [9.17, 15) is 0 Å². The van der Waals surface area contributed by atoms with Gasteiger partial charge in [0.1, 0.15) is 0 Å². The van der Waals surface area contributed by atoms with Gasteiger partial charge in [0.25, 0.3) is 0 Å². The predicted octanol–water partition coefficient (Wildman–Crippen LogP) is 0.629. The van der Waals surface area contributed by atoms with Crippen LogP contribution in [0.15, 0.2) is 0 Å². The summed E-state index contributed by atoms with van der Waals surface area (Å²) in [4.78, 5) is 0. The van der Waals surface area contributed by atoms with Crippen LogP contribution in [0.4, 0.5) is 0 Å². The van der Waals surface area contributed by atoms with E-state index in [1.807, 2.05) is 0 Å². The summed E-state index contributed by atoms with van der Waals surface area (Å²) < 4.78 is 0. The van der Waals surface area contributed by atoms with E-state index in [0.29, 0.717) is 0 Å². The third-order valence-corrected chi connectivity index (χ3v) is 0. The van der Waals surface area contributed by atoms with Gasteiger partial charge in [0.2, 0.25) is 0 Å². The molecule has 0 aliphatic heterocycles. The molecule has 0 rings (SSSR count). The fraction of sp³-hybridized carbons (Fsp3) is 1.00. The van der Waals surface area contributed by atoms with Gasteiger partial charge in [-0.05, 0) is 0 Å². The van der Waals surface area contributed by atoms with Crippen LogP contribution in [-0.2, 0) is 51.2 Å². The second-order valence-corrected chi connectivity index (χ2v) is 0. The Morgan fingerprint density at radius 1 is 1.00 bits per heavy atom. The molecule has 0 aliphatic carbocycles. The molecule has 0 bridgehead atoms. The first kappa shape index (κ1) is 47.6. The molecule has 0 amide bonds. The van der Waals surface area contributed by atoms with Gasteiger partial charge in [-0.15, -0.1) is 0 Å².